The van der Waals surface area contributed by atoms with Gasteiger partial charge in [-0.15, -0.1) is 0 Å². The molecule has 2 radical (unpaired) electrons. The summed E-state index contributed by atoms with van der Waals surface area (Å²) >= 11 is 12.4. The fraction of sp³-hybridized carbons (Fsp3) is 0.0476. The topological polar surface area (TPSA) is 79.0 Å². The van der Waals surface area contributed by atoms with E-state index in [-0.39, 0.29) is 5.91 Å². The Labute approximate surface area is 184 Å². The molecular formula is C21H15BCl2N4O2. The summed E-state index contributed by atoms with van der Waals surface area (Å²) in [6.45, 7) is 0. The monoisotopic (exact) mass is 436 g/mol. The Bertz CT molecular complexity index is 1220. The van der Waals surface area contributed by atoms with E-state index in [1.54, 1.807) is 54.6 Å². The molecule has 0 aliphatic carbocycles. The van der Waals surface area contributed by atoms with E-state index in [0.717, 1.165) is 0 Å². The number of nitrogens with zero attached hydrogens (tertiary/aromatic N) is 1. The molecule has 0 aliphatic heterocycles. The second-order valence-electron chi connectivity index (χ2n) is 6.45. The first kappa shape index (κ1) is 20.1. The summed E-state index contributed by atoms with van der Waals surface area (Å²) in [6, 6.07) is 15.4. The zero-order valence-electron chi connectivity index (χ0n) is 15.8. The number of carbonyl (C=O) groups excluding carboxylic acids is 1. The van der Waals surface area contributed by atoms with Gasteiger partial charge in [-0.05, 0) is 30.3 Å². The SMILES string of the molecule is [B]c1ccc(NC(=O)c2cc3[nH]c(Nc4c(Cl)cccc4Cl)nc3cc2OC)cc1. The molecule has 3 N–H and O–H groups in total. The van der Waals surface area contributed by atoms with Crippen molar-refractivity contribution >= 4 is 70.8 Å². The Morgan fingerprint density at radius 1 is 1.10 bits per heavy atom. The van der Waals surface area contributed by atoms with E-state index >= 15 is 0 Å². The number of hydrogen-bond acceptors (Lipinski definition) is 4. The number of para-hydroxylation sites is 1. The fourth-order valence-electron chi connectivity index (χ4n) is 2.94. The highest BCUT2D eigenvalue weighted by Gasteiger charge is 2.17. The molecule has 1 amide bonds. The molecule has 0 aliphatic rings. The van der Waals surface area contributed by atoms with Crippen LogP contribution in [0.2, 0.25) is 10.0 Å². The minimum absolute atomic E-state index is 0.322. The number of imidazole rings is 1. The van der Waals surface area contributed by atoms with E-state index in [1.807, 2.05) is 0 Å². The molecule has 0 saturated heterocycles. The lowest BCUT2D eigenvalue weighted by Gasteiger charge is -2.09. The Balaban J connectivity index is 1.66. The summed E-state index contributed by atoms with van der Waals surface area (Å²) < 4.78 is 5.40. The molecular weight excluding hydrogens is 422 g/mol. The quantitative estimate of drug-likeness (QED) is 0.397. The molecule has 0 unspecified atom stereocenters. The highest BCUT2D eigenvalue weighted by Crippen LogP contribution is 2.33. The van der Waals surface area contributed by atoms with Crippen LogP contribution < -0.4 is 20.8 Å². The maximum atomic E-state index is 12.8. The minimum atomic E-state index is -0.322. The molecule has 4 aromatic rings. The van der Waals surface area contributed by atoms with Crippen LogP contribution in [0.25, 0.3) is 11.0 Å². The molecule has 0 bridgehead atoms. The first-order valence-corrected chi connectivity index (χ1v) is 9.66. The number of benzene rings is 3. The lowest BCUT2D eigenvalue weighted by molar-refractivity contribution is 0.102. The van der Waals surface area contributed by atoms with Crippen LogP contribution >= 0.6 is 23.2 Å². The first-order chi connectivity index (χ1) is 14.4. The molecule has 0 spiro atoms. The number of methoxy groups -OCH3 is 1. The van der Waals surface area contributed by atoms with E-state index < -0.39 is 0 Å². The molecule has 0 saturated carbocycles. The number of H-pyrrole nitrogens is 1. The van der Waals surface area contributed by atoms with Gasteiger partial charge in [-0.3, -0.25) is 4.79 Å². The molecule has 0 atom stereocenters. The van der Waals surface area contributed by atoms with Gasteiger partial charge < -0.3 is 20.4 Å². The van der Waals surface area contributed by atoms with Crippen molar-refractivity contribution in [1.82, 2.24) is 9.97 Å². The van der Waals surface area contributed by atoms with Crippen molar-refractivity contribution in [2.24, 2.45) is 0 Å². The van der Waals surface area contributed by atoms with E-state index in [2.05, 4.69) is 20.6 Å². The van der Waals surface area contributed by atoms with Gasteiger partial charge in [0.1, 0.15) is 13.6 Å². The van der Waals surface area contributed by atoms with Gasteiger partial charge in [-0.1, -0.05) is 46.9 Å². The summed E-state index contributed by atoms with van der Waals surface area (Å²) in [7, 11) is 7.18. The van der Waals surface area contributed by atoms with Crippen LogP contribution in [0.15, 0.2) is 54.6 Å². The smallest absolute Gasteiger partial charge is 0.259 e. The lowest BCUT2D eigenvalue weighted by atomic mass is 9.96. The summed E-state index contributed by atoms with van der Waals surface area (Å²) in [4.78, 5) is 20.4. The van der Waals surface area contributed by atoms with Gasteiger partial charge in [0.25, 0.3) is 5.91 Å². The number of halogens is 2. The zero-order valence-corrected chi connectivity index (χ0v) is 17.3. The fourth-order valence-corrected chi connectivity index (χ4v) is 3.44. The number of aromatic nitrogens is 2. The van der Waals surface area contributed by atoms with Crippen LogP contribution in [0.4, 0.5) is 17.3 Å². The molecule has 4 rings (SSSR count). The molecule has 1 aromatic heterocycles. The van der Waals surface area contributed by atoms with Crippen LogP contribution in [0.5, 0.6) is 5.75 Å². The standard InChI is InChI=1S/C21H15BCl2N4O2/c1-30-18-10-17-16(9-13(18)20(29)25-12-7-5-11(22)6-8-12)26-21(27-17)28-19-14(23)3-2-4-15(19)24/h2-10H,1H3,(H,25,29)(H2,26,27,28). The maximum Gasteiger partial charge on any atom is 0.259 e. The van der Waals surface area contributed by atoms with E-state index in [0.29, 0.717) is 55.2 Å². The molecule has 148 valence electrons. The highest BCUT2D eigenvalue weighted by molar-refractivity contribution is 6.39. The Hall–Kier alpha value is -3.16. The molecule has 3 aromatic carbocycles. The number of fused-ring (bicyclic) bond motifs is 1. The summed E-state index contributed by atoms with van der Waals surface area (Å²) in [5, 5.41) is 6.83. The van der Waals surface area contributed by atoms with Crippen LogP contribution in [-0.2, 0) is 0 Å². The van der Waals surface area contributed by atoms with Crippen molar-refractivity contribution in [3.05, 3.63) is 70.2 Å². The van der Waals surface area contributed by atoms with Crippen molar-refractivity contribution in [3.63, 3.8) is 0 Å². The van der Waals surface area contributed by atoms with E-state index in [9.17, 15) is 4.79 Å². The zero-order chi connectivity index (χ0) is 21.3. The average Bonchev–Trinajstić information content (AvgIpc) is 3.13. The number of rotatable bonds is 5. The largest absolute Gasteiger partial charge is 0.496 e. The minimum Gasteiger partial charge on any atom is -0.496 e. The first-order valence-electron chi connectivity index (χ1n) is 8.90. The van der Waals surface area contributed by atoms with Crippen molar-refractivity contribution in [2.45, 2.75) is 0 Å². The number of hydrogen-bond donors (Lipinski definition) is 3. The normalized spacial score (nSPS) is 10.8. The number of aromatic amines is 1. The van der Waals surface area contributed by atoms with Crippen molar-refractivity contribution < 1.29 is 9.53 Å². The predicted molar refractivity (Wildman–Crippen MR) is 122 cm³/mol. The van der Waals surface area contributed by atoms with Gasteiger partial charge in [0.2, 0.25) is 5.95 Å². The molecule has 30 heavy (non-hydrogen) atoms. The number of amides is 1. The van der Waals surface area contributed by atoms with Gasteiger partial charge in [-0.25, -0.2) is 4.98 Å². The summed E-state index contributed by atoms with van der Waals surface area (Å²) in [5.41, 5.74) is 3.38. The summed E-state index contributed by atoms with van der Waals surface area (Å²) in [5.74, 6) is 0.499. The van der Waals surface area contributed by atoms with Crippen LogP contribution in [0.3, 0.4) is 0 Å². The Morgan fingerprint density at radius 3 is 2.47 bits per heavy atom. The average molecular weight is 437 g/mol. The highest BCUT2D eigenvalue weighted by atomic mass is 35.5. The van der Waals surface area contributed by atoms with E-state index in [4.69, 9.17) is 35.8 Å². The van der Waals surface area contributed by atoms with Crippen LogP contribution in [-0.4, -0.2) is 30.8 Å². The third-order valence-electron chi connectivity index (χ3n) is 4.42. The van der Waals surface area contributed by atoms with Gasteiger partial charge in [0.15, 0.2) is 0 Å². The predicted octanol–water partition coefficient (Wildman–Crippen LogP) is 4.67. The lowest BCUT2D eigenvalue weighted by Crippen LogP contribution is -2.14. The molecule has 9 heteroatoms. The van der Waals surface area contributed by atoms with Crippen LogP contribution in [0.1, 0.15) is 10.4 Å². The number of ether oxygens (including phenoxy) is 1. The van der Waals surface area contributed by atoms with Crippen molar-refractivity contribution in [3.8, 4) is 5.75 Å². The summed E-state index contributed by atoms with van der Waals surface area (Å²) in [6.07, 6.45) is 0. The Morgan fingerprint density at radius 2 is 1.80 bits per heavy atom. The van der Waals surface area contributed by atoms with Gasteiger partial charge in [-0.2, -0.15) is 0 Å². The second-order valence-corrected chi connectivity index (χ2v) is 7.27. The van der Waals surface area contributed by atoms with Crippen molar-refractivity contribution in [2.75, 3.05) is 17.7 Å². The molecule has 6 nitrogen and oxygen atoms in total. The third kappa shape index (κ3) is 4.08. The maximum absolute atomic E-state index is 12.8. The molecule has 0 fully saturated rings. The molecule has 1 heterocycles. The van der Waals surface area contributed by atoms with E-state index in [1.165, 1.54) is 7.11 Å². The van der Waals surface area contributed by atoms with Gasteiger partial charge in [0.05, 0.1) is 39.4 Å². The number of nitrogens with one attached hydrogen (secondary N) is 3. The second kappa shape index (κ2) is 8.30. The third-order valence-corrected chi connectivity index (χ3v) is 5.05. The number of carbonyl (C=O) groups is 1. The number of anilines is 3. The van der Waals surface area contributed by atoms with Gasteiger partial charge in [0, 0.05) is 11.8 Å². The van der Waals surface area contributed by atoms with Crippen molar-refractivity contribution in [1.29, 1.82) is 0 Å². The Kier molecular flexibility index (Phi) is 5.57. The van der Waals surface area contributed by atoms with Crippen LogP contribution in [0, 0.1) is 0 Å². The van der Waals surface area contributed by atoms with Gasteiger partial charge >= 0.3 is 0 Å².